The van der Waals surface area contributed by atoms with Crippen molar-refractivity contribution in [1.29, 1.82) is 0 Å². The van der Waals surface area contributed by atoms with E-state index in [4.69, 9.17) is 0 Å². The van der Waals surface area contributed by atoms with E-state index in [2.05, 4.69) is 0 Å². The summed E-state index contributed by atoms with van der Waals surface area (Å²) < 4.78 is 72.7. The van der Waals surface area contributed by atoms with Crippen LogP contribution in [0.25, 0.3) is 0 Å². The zero-order chi connectivity index (χ0) is 10.1. The van der Waals surface area contributed by atoms with Gasteiger partial charge in [0, 0.05) is 0 Å². The van der Waals surface area contributed by atoms with E-state index in [0.717, 1.165) is 0 Å². The van der Waals surface area contributed by atoms with E-state index in [1.807, 2.05) is 0 Å². The van der Waals surface area contributed by atoms with Crippen molar-refractivity contribution in [3.05, 3.63) is 0 Å². The third kappa shape index (κ3) is 0.840. The van der Waals surface area contributed by atoms with Crippen LogP contribution in [-0.2, 0) is 0 Å². The Balaban J connectivity index is 2.09. The normalized spacial score (nSPS) is 43.8. The van der Waals surface area contributed by atoms with Crippen molar-refractivity contribution >= 4 is 0 Å². The Bertz CT molecular complexity index is 203. The molecule has 6 heteroatoms. The van der Waals surface area contributed by atoms with E-state index < -0.39 is 42.4 Å². The minimum atomic E-state index is -4.46. The van der Waals surface area contributed by atoms with Crippen LogP contribution in [0, 0.1) is 10.8 Å². The summed E-state index contributed by atoms with van der Waals surface area (Å²) in [6.07, 6.45) is -11.2. The van der Waals surface area contributed by atoms with Crippen molar-refractivity contribution in [2.45, 2.75) is 31.6 Å². The highest BCUT2D eigenvalue weighted by atomic mass is 19.4. The molecule has 0 spiro atoms. The first-order valence-corrected chi connectivity index (χ1v) is 3.76. The van der Waals surface area contributed by atoms with Crippen LogP contribution in [0.3, 0.4) is 0 Å². The highest BCUT2D eigenvalue weighted by Gasteiger charge is 2.85. The minimum absolute atomic E-state index is 0.757. The molecule has 0 radical (unpaired) electrons. The summed E-state index contributed by atoms with van der Waals surface area (Å²) in [5, 5.41) is 0. The summed E-state index contributed by atoms with van der Waals surface area (Å²) in [7, 11) is 0. The van der Waals surface area contributed by atoms with Crippen LogP contribution >= 0.6 is 0 Å². The van der Waals surface area contributed by atoms with Gasteiger partial charge in [-0.05, 0) is 19.3 Å². The summed E-state index contributed by atoms with van der Waals surface area (Å²) in [4.78, 5) is 0. The molecule has 0 aromatic heterocycles. The minimum Gasteiger partial charge on any atom is -0.171 e. The van der Waals surface area contributed by atoms with Gasteiger partial charge < -0.3 is 0 Å². The largest absolute Gasteiger partial charge is 0.394 e. The molecule has 0 aliphatic heterocycles. The molecule has 3 aliphatic carbocycles. The Kier molecular flexibility index (Phi) is 1.29. The van der Waals surface area contributed by atoms with Crippen molar-refractivity contribution in [2.75, 3.05) is 0 Å². The first-order chi connectivity index (χ1) is 5.62. The molecule has 0 saturated heterocycles. The van der Waals surface area contributed by atoms with Crippen molar-refractivity contribution in [3.63, 3.8) is 0 Å². The van der Waals surface area contributed by atoms with Crippen molar-refractivity contribution in [3.8, 4) is 0 Å². The molecule has 0 N–H and O–H groups in total. The maximum atomic E-state index is 12.1. The van der Waals surface area contributed by atoms with Gasteiger partial charge in [-0.1, -0.05) is 0 Å². The Hall–Kier alpha value is -0.420. The highest BCUT2D eigenvalue weighted by molar-refractivity contribution is 5.22. The fraction of sp³-hybridized carbons (Fsp3) is 1.00. The molecule has 0 unspecified atom stereocenters. The second-order valence-electron chi connectivity index (χ2n) is 4.09. The lowest BCUT2D eigenvalue weighted by Crippen LogP contribution is -2.73. The summed E-state index contributed by atoms with van der Waals surface area (Å²) in [6.45, 7) is 0. The fourth-order valence-electron chi connectivity index (χ4n) is 2.39. The SMILES string of the molecule is FC(F)(F)C12CC(C(F)(F)F)(C1)C2. The number of hydrogen-bond donors (Lipinski definition) is 0. The van der Waals surface area contributed by atoms with Crippen LogP contribution < -0.4 is 0 Å². The highest BCUT2D eigenvalue weighted by Crippen LogP contribution is 2.82. The third-order valence-electron chi connectivity index (χ3n) is 3.23. The molecular weight excluding hydrogens is 198 g/mol. The number of rotatable bonds is 0. The topological polar surface area (TPSA) is 0 Å². The van der Waals surface area contributed by atoms with Gasteiger partial charge in [0.2, 0.25) is 0 Å². The molecule has 0 atom stereocenters. The van der Waals surface area contributed by atoms with E-state index in [9.17, 15) is 26.3 Å². The van der Waals surface area contributed by atoms with Gasteiger partial charge >= 0.3 is 12.4 Å². The second kappa shape index (κ2) is 1.83. The molecule has 3 rings (SSSR count). The second-order valence-corrected chi connectivity index (χ2v) is 4.09. The molecule has 0 amide bonds. The van der Waals surface area contributed by atoms with E-state index in [1.165, 1.54) is 0 Å². The van der Waals surface area contributed by atoms with Gasteiger partial charge in [-0.3, -0.25) is 0 Å². The Labute approximate surface area is 69.9 Å². The predicted molar refractivity (Wildman–Crippen MR) is 30.8 cm³/mol. The zero-order valence-corrected chi connectivity index (χ0v) is 6.39. The molecule has 0 aromatic carbocycles. The summed E-state index contributed by atoms with van der Waals surface area (Å²) >= 11 is 0. The van der Waals surface area contributed by atoms with Crippen LogP contribution in [0.5, 0.6) is 0 Å². The van der Waals surface area contributed by atoms with Gasteiger partial charge in [0.1, 0.15) is 0 Å². The van der Waals surface area contributed by atoms with Crippen LogP contribution in [0.4, 0.5) is 26.3 Å². The lowest BCUT2D eigenvalue weighted by atomic mass is 9.34. The van der Waals surface area contributed by atoms with Gasteiger partial charge in [0.05, 0.1) is 10.8 Å². The molecule has 0 nitrogen and oxygen atoms in total. The Morgan fingerprint density at radius 2 is 0.846 bits per heavy atom. The lowest BCUT2D eigenvalue weighted by molar-refractivity contribution is -0.431. The molecule has 76 valence electrons. The van der Waals surface area contributed by atoms with E-state index in [1.54, 1.807) is 0 Å². The average molecular weight is 204 g/mol. The van der Waals surface area contributed by atoms with Gasteiger partial charge in [-0.25, -0.2) is 0 Å². The maximum Gasteiger partial charge on any atom is 0.394 e. The van der Waals surface area contributed by atoms with Crippen molar-refractivity contribution < 1.29 is 26.3 Å². The summed E-state index contributed by atoms with van der Waals surface area (Å²) in [5.74, 6) is 0. The zero-order valence-electron chi connectivity index (χ0n) is 6.39. The molecule has 13 heavy (non-hydrogen) atoms. The lowest BCUT2D eigenvalue weighted by Gasteiger charge is -2.70. The number of halogens is 6. The average Bonchev–Trinajstić information content (AvgIpc) is 1.41. The third-order valence-corrected chi connectivity index (χ3v) is 3.23. The Morgan fingerprint density at radius 3 is 1.00 bits per heavy atom. The van der Waals surface area contributed by atoms with Gasteiger partial charge in [-0.15, -0.1) is 0 Å². The molecule has 3 fully saturated rings. The smallest absolute Gasteiger partial charge is 0.171 e. The standard InChI is InChI=1S/C7H6F6/c8-6(9,10)4-1-5(2-4,3-4)7(11,12)13/h1-3H2. The predicted octanol–water partition coefficient (Wildman–Crippen LogP) is 3.28. The van der Waals surface area contributed by atoms with E-state index in [0.29, 0.717) is 0 Å². The van der Waals surface area contributed by atoms with Crippen LogP contribution in [0.15, 0.2) is 0 Å². The monoisotopic (exact) mass is 204 g/mol. The summed E-state index contributed by atoms with van der Waals surface area (Å²) in [6, 6.07) is 0. The summed E-state index contributed by atoms with van der Waals surface area (Å²) in [5.41, 5.74) is -4.00. The quantitative estimate of drug-likeness (QED) is 0.531. The van der Waals surface area contributed by atoms with Gasteiger partial charge in [0.15, 0.2) is 0 Å². The van der Waals surface area contributed by atoms with Crippen LogP contribution in [0.2, 0.25) is 0 Å². The molecule has 3 aliphatic rings. The number of alkyl halides is 6. The first-order valence-electron chi connectivity index (χ1n) is 3.76. The van der Waals surface area contributed by atoms with Gasteiger partial charge in [-0.2, -0.15) is 26.3 Å². The Morgan fingerprint density at radius 1 is 0.615 bits per heavy atom. The molecule has 3 saturated carbocycles. The number of hydrogen-bond acceptors (Lipinski definition) is 0. The molecular formula is C7H6F6. The van der Waals surface area contributed by atoms with Gasteiger partial charge in [0.25, 0.3) is 0 Å². The maximum absolute atomic E-state index is 12.1. The molecule has 0 aromatic rings. The fourth-order valence-corrected chi connectivity index (χ4v) is 2.39. The van der Waals surface area contributed by atoms with E-state index >= 15 is 0 Å². The molecule has 0 heterocycles. The van der Waals surface area contributed by atoms with Crippen LogP contribution in [-0.4, -0.2) is 12.4 Å². The first kappa shape index (κ1) is 9.15. The van der Waals surface area contributed by atoms with Crippen LogP contribution in [0.1, 0.15) is 19.3 Å². The van der Waals surface area contributed by atoms with Crippen molar-refractivity contribution in [1.82, 2.24) is 0 Å². The van der Waals surface area contributed by atoms with E-state index in [-0.39, 0.29) is 0 Å². The van der Waals surface area contributed by atoms with Crippen molar-refractivity contribution in [2.24, 2.45) is 10.8 Å². The molecule has 2 bridgehead atoms.